The lowest BCUT2D eigenvalue weighted by molar-refractivity contribution is -0.0543. The third-order valence-electron chi connectivity index (χ3n) is 4.79. The first kappa shape index (κ1) is 16.8. The Morgan fingerprint density at radius 3 is 2.92 bits per heavy atom. The second-order valence-corrected chi connectivity index (χ2v) is 8.65. The highest BCUT2D eigenvalue weighted by Crippen LogP contribution is 2.38. The van der Waals surface area contributed by atoms with Gasteiger partial charge in [0.15, 0.2) is 5.16 Å². The van der Waals surface area contributed by atoms with Crippen molar-refractivity contribution in [3.05, 3.63) is 56.7 Å². The molecule has 0 saturated heterocycles. The van der Waals surface area contributed by atoms with Crippen LogP contribution in [0.15, 0.2) is 40.3 Å². The van der Waals surface area contributed by atoms with Gasteiger partial charge in [-0.2, -0.15) is 0 Å². The van der Waals surface area contributed by atoms with Crippen LogP contribution in [-0.4, -0.2) is 15.6 Å². The molecule has 3 aromatic rings. The summed E-state index contributed by atoms with van der Waals surface area (Å²) in [6.45, 7) is 4.82. The SMILES string of the molecule is CC[C@@]1(C)Cc2c(sc3nc(SCc4ccccc4)[nH]c(=O)c23)CO1. The van der Waals surface area contributed by atoms with Crippen molar-refractivity contribution in [3.63, 3.8) is 0 Å². The number of nitrogens with one attached hydrogen (secondary N) is 1. The third kappa shape index (κ3) is 3.26. The fourth-order valence-corrected chi connectivity index (χ4v) is 5.06. The van der Waals surface area contributed by atoms with E-state index in [4.69, 9.17) is 9.72 Å². The number of thioether (sulfide) groups is 1. The van der Waals surface area contributed by atoms with Crippen LogP contribution >= 0.6 is 23.1 Å². The van der Waals surface area contributed by atoms with Crippen LogP contribution in [0.4, 0.5) is 0 Å². The van der Waals surface area contributed by atoms with Crippen LogP contribution in [0.2, 0.25) is 0 Å². The summed E-state index contributed by atoms with van der Waals surface area (Å²) in [5, 5.41) is 1.44. The molecule has 1 aliphatic rings. The van der Waals surface area contributed by atoms with Gasteiger partial charge in [-0.25, -0.2) is 4.98 Å². The van der Waals surface area contributed by atoms with E-state index in [0.717, 1.165) is 39.3 Å². The first-order valence-electron chi connectivity index (χ1n) is 8.43. The number of hydrogen-bond acceptors (Lipinski definition) is 5. The Morgan fingerprint density at radius 2 is 2.16 bits per heavy atom. The van der Waals surface area contributed by atoms with Crippen LogP contribution in [0.3, 0.4) is 0 Å². The topological polar surface area (TPSA) is 55.0 Å². The van der Waals surface area contributed by atoms with Gasteiger partial charge < -0.3 is 9.72 Å². The van der Waals surface area contributed by atoms with Crippen LogP contribution in [0.25, 0.3) is 10.2 Å². The largest absolute Gasteiger partial charge is 0.369 e. The number of thiophene rings is 1. The third-order valence-corrected chi connectivity index (χ3v) is 6.84. The van der Waals surface area contributed by atoms with Crippen molar-refractivity contribution < 1.29 is 4.74 Å². The van der Waals surface area contributed by atoms with E-state index in [1.54, 1.807) is 23.1 Å². The zero-order chi connectivity index (χ0) is 17.4. The summed E-state index contributed by atoms with van der Waals surface area (Å²) in [6, 6.07) is 10.2. The Balaban J connectivity index is 1.66. The first-order chi connectivity index (χ1) is 12.1. The van der Waals surface area contributed by atoms with Gasteiger partial charge in [-0.3, -0.25) is 4.79 Å². The van der Waals surface area contributed by atoms with E-state index in [2.05, 4.69) is 31.0 Å². The molecular formula is C19H20N2O2S2. The summed E-state index contributed by atoms with van der Waals surface area (Å²) in [5.74, 6) is 0.789. The van der Waals surface area contributed by atoms with Crippen molar-refractivity contribution >= 4 is 33.3 Å². The fourth-order valence-electron chi connectivity index (χ4n) is 3.08. The molecule has 0 saturated carbocycles. The van der Waals surface area contributed by atoms with Crippen molar-refractivity contribution in [2.45, 2.75) is 49.8 Å². The van der Waals surface area contributed by atoms with Gasteiger partial charge >= 0.3 is 0 Å². The molecule has 0 spiro atoms. The van der Waals surface area contributed by atoms with E-state index in [0.29, 0.717) is 11.8 Å². The quantitative estimate of drug-likeness (QED) is 0.540. The Labute approximate surface area is 154 Å². The summed E-state index contributed by atoms with van der Waals surface area (Å²) >= 11 is 3.15. The highest BCUT2D eigenvalue weighted by atomic mass is 32.2. The Kier molecular flexibility index (Phi) is 4.43. The molecule has 4 nitrogen and oxygen atoms in total. The Bertz CT molecular complexity index is 965. The molecule has 2 aromatic heterocycles. The van der Waals surface area contributed by atoms with Crippen molar-refractivity contribution in [2.75, 3.05) is 0 Å². The number of rotatable bonds is 4. The minimum Gasteiger partial charge on any atom is -0.369 e. The molecule has 6 heteroatoms. The molecule has 1 N–H and O–H groups in total. The number of benzene rings is 1. The van der Waals surface area contributed by atoms with Gasteiger partial charge in [0.25, 0.3) is 5.56 Å². The first-order valence-corrected chi connectivity index (χ1v) is 10.2. The van der Waals surface area contributed by atoms with Gasteiger partial charge in [0.1, 0.15) is 4.83 Å². The van der Waals surface area contributed by atoms with E-state index < -0.39 is 0 Å². The van der Waals surface area contributed by atoms with Gasteiger partial charge in [-0.05, 0) is 24.5 Å². The summed E-state index contributed by atoms with van der Waals surface area (Å²) < 4.78 is 6.01. The van der Waals surface area contributed by atoms with Crippen molar-refractivity contribution in [1.82, 2.24) is 9.97 Å². The average Bonchev–Trinajstić information content (AvgIpc) is 2.98. The monoisotopic (exact) mass is 372 g/mol. The van der Waals surface area contributed by atoms with Crippen LogP contribution in [-0.2, 0) is 23.5 Å². The number of aromatic nitrogens is 2. The number of hydrogen-bond donors (Lipinski definition) is 1. The standard InChI is InChI=1S/C19H20N2O2S2/c1-3-19(2)9-13-14(10-23-19)25-17-15(13)16(22)20-18(21-17)24-11-12-7-5-4-6-8-12/h4-8H,3,9-11H2,1-2H3,(H,20,21,22)/t19-/m0/s1. The van der Waals surface area contributed by atoms with Crippen molar-refractivity contribution in [3.8, 4) is 0 Å². The van der Waals surface area contributed by atoms with E-state index in [1.165, 1.54) is 5.56 Å². The predicted molar refractivity (Wildman–Crippen MR) is 103 cm³/mol. The molecule has 0 fully saturated rings. The lowest BCUT2D eigenvalue weighted by atomic mass is 9.90. The highest BCUT2D eigenvalue weighted by molar-refractivity contribution is 7.98. The van der Waals surface area contributed by atoms with E-state index in [1.807, 2.05) is 18.2 Å². The molecule has 0 bridgehead atoms. The maximum atomic E-state index is 12.7. The zero-order valence-corrected chi connectivity index (χ0v) is 15.9. The van der Waals surface area contributed by atoms with Crippen LogP contribution < -0.4 is 5.56 Å². The van der Waals surface area contributed by atoms with Crippen LogP contribution in [0.1, 0.15) is 36.3 Å². The van der Waals surface area contributed by atoms with Crippen LogP contribution in [0, 0.1) is 0 Å². The van der Waals surface area contributed by atoms with Gasteiger partial charge in [0, 0.05) is 17.1 Å². The van der Waals surface area contributed by atoms with Gasteiger partial charge in [-0.15, -0.1) is 11.3 Å². The van der Waals surface area contributed by atoms with Crippen molar-refractivity contribution in [2.24, 2.45) is 0 Å². The molecular weight excluding hydrogens is 352 g/mol. The minimum absolute atomic E-state index is 0.0292. The summed E-state index contributed by atoms with van der Waals surface area (Å²) in [6.07, 6.45) is 1.71. The average molecular weight is 373 g/mol. The smallest absolute Gasteiger partial charge is 0.260 e. The maximum Gasteiger partial charge on any atom is 0.260 e. The van der Waals surface area contributed by atoms with E-state index in [9.17, 15) is 4.79 Å². The van der Waals surface area contributed by atoms with Crippen molar-refractivity contribution in [1.29, 1.82) is 0 Å². The molecule has 0 unspecified atom stereocenters. The lowest BCUT2D eigenvalue weighted by Crippen LogP contribution is -2.34. The zero-order valence-electron chi connectivity index (χ0n) is 14.3. The van der Waals surface area contributed by atoms with Gasteiger partial charge in [-0.1, -0.05) is 49.0 Å². The molecule has 1 aromatic carbocycles. The Morgan fingerprint density at radius 1 is 1.36 bits per heavy atom. The predicted octanol–water partition coefficient (Wildman–Crippen LogP) is 4.52. The molecule has 3 heterocycles. The molecule has 4 rings (SSSR count). The number of nitrogens with zero attached hydrogens (tertiary/aromatic N) is 1. The Hall–Kier alpha value is -1.63. The summed E-state index contributed by atoms with van der Waals surface area (Å²) in [4.78, 5) is 22.3. The number of fused-ring (bicyclic) bond motifs is 3. The molecule has 130 valence electrons. The highest BCUT2D eigenvalue weighted by Gasteiger charge is 2.32. The molecule has 0 aliphatic carbocycles. The fraction of sp³-hybridized carbons (Fsp3) is 0.368. The van der Waals surface area contributed by atoms with E-state index >= 15 is 0 Å². The summed E-state index contributed by atoms with van der Waals surface area (Å²) in [5.41, 5.74) is 2.13. The van der Waals surface area contributed by atoms with E-state index in [-0.39, 0.29) is 11.2 Å². The molecule has 25 heavy (non-hydrogen) atoms. The molecule has 0 radical (unpaired) electrons. The number of aromatic amines is 1. The second kappa shape index (κ2) is 6.59. The van der Waals surface area contributed by atoms with Crippen LogP contribution in [0.5, 0.6) is 0 Å². The second-order valence-electron chi connectivity index (χ2n) is 6.60. The normalized spacial score (nSPS) is 19.9. The van der Waals surface area contributed by atoms with Gasteiger partial charge in [0.2, 0.25) is 0 Å². The molecule has 0 amide bonds. The molecule has 1 aliphatic heterocycles. The van der Waals surface area contributed by atoms with Gasteiger partial charge in [0.05, 0.1) is 17.6 Å². The summed E-state index contributed by atoms with van der Waals surface area (Å²) in [7, 11) is 0. The maximum absolute atomic E-state index is 12.7. The minimum atomic E-state index is -0.186. The molecule has 1 atom stereocenters. The lowest BCUT2D eigenvalue weighted by Gasteiger charge is -2.32. The number of H-pyrrole nitrogens is 1. The number of ether oxygens (including phenoxy) is 1.